The lowest BCUT2D eigenvalue weighted by atomic mass is 10.1. The minimum atomic E-state index is -0.914. The number of carbonyl (C=O) groups is 3. The lowest BCUT2D eigenvalue weighted by Crippen LogP contribution is -2.42. The number of esters is 1. The Bertz CT molecular complexity index is 1430. The summed E-state index contributed by atoms with van der Waals surface area (Å²) in [6.07, 6.45) is 1.17. The van der Waals surface area contributed by atoms with Crippen molar-refractivity contribution in [2.45, 2.75) is 44.8 Å². The van der Waals surface area contributed by atoms with E-state index in [9.17, 15) is 23.2 Å². The van der Waals surface area contributed by atoms with Crippen molar-refractivity contribution in [3.8, 4) is 16.9 Å². The highest BCUT2D eigenvalue weighted by Gasteiger charge is 2.21. The van der Waals surface area contributed by atoms with Crippen LogP contribution in [0.5, 0.6) is 5.75 Å². The molecule has 0 bridgehead atoms. The molecule has 0 unspecified atom stereocenters. The van der Waals surface area contributed by atoms with Gasteiger partial charge >= 0.3 is 12.1 Å². The van der Waals surface area contributed by atoms with Crippen LogP contribution in [0.3, 0.4) is 0 Å². The monoisotopic (exact) mass is 614 g/mol. The van der Waals surface area contributed by atoms with Gasteiger partial charge in [0.1, 0.15) is 24.5 Å². The van der Waals surface area contributed by atoms with Crippen molar-refractivity contribution in [3.05, 3.63) is 83.4 Å². The summed E-state index contributed by atoms with van der Waals surface area (Å²) in [4.78, 5) is 39.5. The molecule has 0 fully saturated rings. The molecule has 0 aliphatic heterocycles. The summed E-state index contributed by atoms with van der Waals surface area (Å²) in [5.74, 6) is -2.24. The minimum Gasteiger partial charge on any atom is -0.489 e. The number of nitrogens with one attached hydrogen (secondary N) is 1. The number of thioether (sulfide) groups is 1. The van der Waals surface area contributed by atoms with Crippen molar-refractivity contribution in [1.29, 1.82) is 0 Å². The van der Waals surface area contributed by atoms with Crippen molar-refractivity contribution < 1.29 is 37.4 Å². The van der Waals surface area contributed by atoms with E-state index in [2.05, 4.69) is 5.32 Å². The first-order valence-electron chi connectivity index (χ1n) is 13.7. The highest BCUT2D eigenvalue weighted by Crippen LogP contribution is 2.33. The number of amides is 2. The third-order valence-corrected chi connectivity index (χ3v) is 6.73. The standard InChI is InChI=1S/C32H36F2N2O6S/c1-6-40-29(37)19-36(15-14-35-31(39)42-32(2,3)4)30(38)23-9-7-8-21(16-23)20-41-24-12-10-22(11-13-24)25-17-26(33)27(34)18-28(25)43-5/h7-13,16-18H,6,14-15,19-20H2,1-5H3,(H,35,39). The molecule has 3 aromatic rings. The van der Waals surface area contributed by atoms with Crippen LogP contribution in [0.4, 0.5) is 13.6 Å². The topological polar surface area (TPSA) is 94.2 Å². The summed E-state index contributed by atoms with van der Waals surface area (Å²) in [5.41, 5.74) is 1.67. The molecule has 3 rings (SSSR count). The van der Waals surface area contributed by atoms with Gasteiger partial charge in [0.25, 0.3) is 5.91 Å². The largest absolute Gasteiger partial charge is 0.489 e. The predicted octanol–water partition coefficient (Wildman–Crippen LogP) is 6.46. The van der Waals surface area contributed by atoms with Crippen LogP contribution in [0.1, 0.15) is 43.6 Å². The van der Waals surface area contributed by atoms with Gasteiger partial charge in [-0.25, -0.2) is 13.6 Å². The molecule has 0 spiro atoms. The fraction of sp³-hybridized carbons (Fsp3) is 0.344. The van der Waals surface area contributed by atoms with Gasteiger partial charge in [-0.3, -0.25) is 9.59 Å². The van der Waals surface area contributed by atoms with Gasteiger partial charge in [0.2, 0.25) is 0 Å². The summed E-state index contributed by atoms with van der Waals surface area (Å²) in [5, 5.41) is 2.59. The Labute approximate surface area is 254 Å². The quantitative estimate of drug-likeness (QED) is 0.185. The number of nitrogens with zero attached hydrogens (tertiary/aromatic N) is 1. The summed E-state index contributed by atoms with van der Waals surface area (Å²) < 4.78 is 43.7. The molecule has 8 nitrogen and oxygen atoms in total. The van der Waals surface area contributed by atoms with E-state index in [0.717, 1.165) is 0 Å². The van der Waals surface area contributed by atoms with E-state index in [-0.39, 0.29) is 32.8 Å². The molecule has 3 aromatic carbocycles. The highest BCUT2D eigenvalue weighted by molar-refractivity contribution is 7.98. The van der Waals surface area contributed by atoms with E-state index in [0.29, 0.717) is 32.9 Å². The fourth-order valence-electron chi connectivity index (χ4n) is 4.02. The zero-order valence-corrected chi connectivity index (χ0v) is 25.7. The molecule has 230 valence electrons. The van der Waals surface area contributed by atoms with Crippen LogP contribution in [-0.4, -0.2) is 61.0 Å². The number of ether oxygens (including phenoxy) is 3. The van der Waals surface area contributed by atoms with Crippen LogP contribution >= 0.6 is 11.8 Å². The van der Waals surface area contributed by atoms with E-state index in [1.165, 1.54) is 28.8 Å². The molecule has 0 aliphatic rings. The number of rotatable bonds is 12. The molecule has 0 atom stereocenters. The summed E-state index contributed by atoms with van der Waals surface area (Å²) >= 11 is 1.32. The van der Waals surface area contributed by atoms with E-state index in [1.54, 1.807) is 82.5 Å². The second-order valence-electron chi connectivity index (χ2n) is 10.4. The Kier molecular flexibility index (Phi) is 11.9. The normalized spacial score (nSPS) is 11.0. The molecular formula is C32H36F2N2O6S. The second kappa shape index (κ2) is 15.4. The zero-order chi connectivity index (χ0) is 31.6. The Hall–Kier alpha value is -4.12. The van der Waals surface area contributed by atoms with Gasteiger partial charge in [0.05, 0.1) is 6.61 Å². The molecule has 0 radical (unpaired) electrons. The predicted molar refractivity (Wildman–Crippen MR) is 161 cm³/mol. The number of halogens is 2. The second-order valence-corrected chi connectivity index (χ2v) is 11.3. The molecule has 0 aromatic heterocycles. The van der Waals surface area contributed by atoms with Crippen LogP contribution in [0.25, 0.3) is 11.1 Å². The van der Waals surface area contributed by atoms with Gasteiger partial charge in [-0.1, -0.05) is 24.3 Å². The first-order valence-corrected chi connectivity index (χ1v) is 14.9. The van der Waals surface area contributed by atoms with Crippen molar-refractivity contribution in [1.82, 2.24) is 10.2 Å². The summed E-state index contributed by atoms with van der Waals surface area (Å²) in [7, 11) is 0. The van der Waals surface area contributed by atoms with Crippen molar-refractivity contribution in [2.24, 2.45) is 0 Å². The van der Waals surface area contributed by atoms with E-state index in [1.807, 2.05) is 0 Å². The molecule has 0 saturated heterocycles. The number of hydrogen-bond donors (Lipinski definition) is 1. The van der Waals surface area contributed by atoms with Crippen LogP contribution in [0, 0.1) is 11.6 Å². The van der Waals surface area contributed by atoms with Gasteiger partial charge in [-0.2, -0.15) is 0 Å². The zero-order valence-electron chi connectivity index (χ0n) is 24.9. The Morgan fingerprint density at radius 1 is 0.977 bits per heavy atom. The lowest BCUT2D eigenvalue weighted by molar-refractivity contribution is -0.143. The van der Waals surface area contributed by atoms with Gasteiger partial charge in [-0.05, 0) is 87.0 Å². The van der Waals surface area contributed by atoms with Crippen LogP contribution in [0.15, 0.2) is 65.6 Å². The molecule has 43 heavy (non-hydrogen) atoms. The van der Waals surface area contributed by atoms with Gasteiger partial charge in [0.15, 0.2) is 11.6 Å². The fourth-order valence-corrected chi connectivity index (χ4v) is 4.64. The summed E-state index contributed by atoms with van der Waals surface area (Å²) in [6, 6.07) is 16.2. The smallest absolute Gasteiger partial charge is 0.407 e. The van der Waals surface area contributed by atoms with Crippen molar-refractivity contribution in [3.63, 3.8) is 0 Å². The maximum absolute atomic E-state index is 13.9. The molecule has 11 heteroatoms. The SMILES string of the molecule is CCOC(=O)CN(CCNC(=O)OC(C)(C)C)C(=O)c1cccc(COc2ccc(-c3cc(F)c(F)cc3SC)cc2)c1. The maximum atomic E-state index is 13.9. The van der Waals surface area contributed by atoms with Crippen LogP contribution < -0.4 is 10.1 Å². The van der Waals surface area contributed by atoms with Gasteiger partial charge in [-0.15, -0.1) is 11.8 Å². The molecule has 0 saturated carbocycles. The van der Waals surface area contributed by atoms with Crippen LogP contribution in [-0.2, 0) is 20.9 Å². The number of carbonyl (C=O) groups excluding carboxylic acids is 3. The third kappa shape index (κ3) is 10.3. The average molecular weight is 615 g/mol. The Balaban J connectivity index is 1.67. The number of benzene rings is 3. The number of alkyl carbamates (subject to hydrolysis) is 1. The molecule has 2 amide bonds. The molecule has 0 heterocycles. The molecular weight excluding hydrogens is 578 g/mol. The van der Waals surface area contributed by atoms with E-state index in [4.69, 9.17) is 14.2 Å². The number of hydrogen-bond acceptors (Lipinski definition) is 7. The highest BCUT2D eigenvalue weighted by atomic mass is 32.2. The molecule has 1 N–H and O–H groups in total. The lowest BCUT2D eigenvalue weighted by Gasteiger charge is -2.23. The minimum absolute atomic E-state index is 0.0557. The maximum Gasteiger partial charge on any atom is 0.407 e. The van der Waals surface area contributed by atoms with Crippen molar-refractivity contribution >= 4 is 29.7 Å². The van der Waals surface area contributed by atoms with E-state index >= 15 is 0 Å². The first kappa shape index (κ1) is 33.4. The summed E-state index contributed by atoms with van der Waals surface area (Å²) in [6.45, 7) is 7.07. The van der Waals surface area contributed by atoms with Crippen LogP contribution in [0.2, 0.25) is 0 Å². The average Bonchev–Trinajstić information content (AvgIpc) is 2.96. The molecule has 0 aliphatic carbocycles. The third-order valence-electron chi connectivity index (χ3n) is 5.95. The Morgan fingerprint density at radius 2 is 1.67 bits per heavy atom. The van der Waals surface area contributed by atoms with E-state index < -0.39 is 35.2 Å². The Morgan fingerprint density at radius 3 is 2.33 bits per heavy atom. The van der Waals surface area contributed by atoms with Crippen molar-refractivity contribution in [2.75, 3.05) is 32.5 Å². The van der Waals surface area contributed by atoms with Gasteiger partial charge < -0.3 is 24.4 Å². The van der Waals surface area contributed by atoms with Gasteiger partial charge in [0, 0.05) is 23.5 Å². The first-order chi connectivity index (χ1) is 20.4.